The molecule has 0 N–H and O–H groups in total. The second kappa shape index (κ2) is 8.24. The summed E-state index contributed by atoms with van der Waals surface area (Å²) in [6.45, 7) is 17.2. The lowest BCUT2D eigenvalue weighted by Crippen LogP contribution is -2.51. The number of nitrogens with zero attached hydrogens (tertiary/aromatic N) is 3. The number of hydrogen-bond donors (Lipinski definition) is 0. The summed E-state index contributed by atoms with van der Waals surface area (Å²) in [4.78, 5) is 7.98. The van der Waals surface area contributed by atoms with Crippen LogP contribution in [-0.2, 0) is 0 Å². The van der Waals surface area contributed by atoms with Crippen molar-refractivity contribution in [1.82, 2.24) is 14.7 Å². The highest BCUT2D eigenvalue weighted by Gasteiger charge is 2.23. The van der Waals surface area contributed by atoms with Gasteiger partial charge in [-0.3, -0.25) is 9.80 Å². The monoisotopic (exact) mass is 313 g/mol. The van der Waals surface area contributed by atoms with Crippen LogP contribution < -0.4 is 0 Å². The zero-order valence-electron chi connectivity index (χ0n) is 14.5. The molecule has 1 unspecified atom stereocenters. The maximum Gasteiger partial charge on any atom is 0.0507 e. The van der Waals surface area contributed by atoms with E-state index in [1.807, 2.05) is 0 Å². The van der Waals surface area contributed by atoms with Gasteiger partial charge >= 0.3 is 0 Å². The van der Waals surface area contributed by atoms with Crippen molar-refractivity contribution < 1.29 is 0 Å². The van der Waals surface area contributed by atoms with E-state index in [9.17, 15) is 0 Å². The molecule has 2 saturated heterocycles. The smallest absolute Gasteiger partial charge is 0.0507 e. The summed E-state index contributed by atoms with van der Waals surface area (Å²) in [5.41, 5.74) is 0.471. The van der Waals surface area contributed by atoms with Gasteiger partial charge in [0.15, 0.2) is 0 Å². The number of piperazine rings is 1. The maximum atomic E-state index is 2.92. The van der Waals surface area contributed by atoms with Crippen molar-refractivity contribution in [2.75, 3.05) is 58.6 Å². The Labute approximate surface area is 134 Å². The van der Waals surface area contributed by atoms with Gasteiger partial charge in [-0.15, -0.1) is 9.24 Å². The van der Waals surface area contributed by atoms with Crippen molar-refractivity contribution in [2.24, 2.45) is 11.3 Å². The van der Waals surface area contributed by atoms with Crippen molar-refractivity contribution in [1.29, 1.82) is 0 Å². The lowest BCUT2D eigenvalue weighted by Gasteiger charge is -2.40. The molecule has 2 fully saturated rings. The van der Waals surface area contributed by atoms with Crippen LogP contribution in [0.25, 0.3) is 0 Å². The van der Waals surface area contributed by atoms with Gasteiger partial charge in [0.1, 0.15) is 0 Å². The van der Waals surface area contributed by atoms with E-state index in [0.717, 1.165) is 5.92 Å². The summed E-state index contributed by atoms with van der Waals surface area (Å²) >= 11 is 0. The van der Waals surface area contributed by atoms with E-state index < -0.39 is 0 Å². The lowest BCUT2D eigenvalue weighted by atomic mass is 9.92. The number of piperidine rings is 1. The zero-order chi connectivity index (χ0) is 15.3. The molecule has 0 radical (unpaired) electrons. The van der Waals surface area contributed by atoms with Crippen molar-refractivity contribution >= 4 is 9.24 Å². The first-order chi connectivity index (χ1) is 9.96. The summed E-state index contributed by atoms with van der Waals surface area (Å²) in [7, 11) is 2.92. The minimum atomic E-state index is 0.471. The molecule has 0 spiro atoms. The lowest BCUT2D eigenvalue weighted by molar-refractivity contribution is 0.0547. The molecular formula is C17H36N3P. The highest BCUT2D eigenvalue weighted by atomic mass is 31.0. The quantitative estimate of drug-likeness (QED) is 0.722. The third kappa shape index (κ3) is 6.52. The van der Waals surface area contributed by atoms with Crippen molar-refractivity contribution in [3.8, 4) is 0 Å². The highest BCUT2D eigenvalue weighted by Crippen LogP contribution is 2.21. The van der Waals surface area contributed by atoms with Gasteiger partial charge in [0.05, 0.1) is 6.67 Å². The van der Waals surface area contributed by atoms with Crippen molar-refractivity contribution in [3.63, 3.8) is 0 Å². The number of hydrogen-bond acceptors (Lipinski definition) is 3. The fourth-order valence-corrected chi connectivity index (χ4v) is 3.77. The van der Waals surface area contributed by atoms with Gasteiger partial charge in [0.25, 0.3) is 0 Å². The Hall–Kier alpha value is 0.310. The third-order valence-electron chi connectivity index (χ3n) is 5.08. The topological polar surface area (TPSA) is 9.72 Å². The summed E-state index contributed by atoms with van der Waals surface area (Å²) in [6, 6.07) is 0. The van der Waals surface area contributed by atoms with E-state index in [1.54, 1.807) is 0 Å². The fourth-order valence-electron chi connectivity index (χ4n) is 3.29. The zero-order valence-corrected chi connectivity index (χ0v) is 15.6. The van der Waals surface area contributed by atoms with E-state index >= 15 is 0 Å². The first-order valence-electron chi connectivity index (χ1n) is 8.83. The van der Waals surface area contributed by atoms with Gasteiger partial charge in [-0.2, -0.15) is 0 Å². The van der Waals surface area contributed by atoms with E-state index in [-0.39, 0.29) is 0 Å². The van der Waals surface area contributed by atoms with Crippen LogP contribution in [0.15, 0.2) is 0 Å². The minimum Gasteiger partial charge on any atom is -0.301 e. The SMILES string of the molecule is CC(C)(C)CCN1CCN(CN2CCC(CP)CC2)CC1. The molecule has 0 aliphatic carbocycles. The predicted octanol–water partition coefficient (Wildman–Crippen LogP) is 2.58. The van der Waals surface area contributed by atoms with Crippen LogP contribution in [0, 0.1) is 11.3 Å². The molecule has 2 aliphatic heterocycles. The summed E-state index contributed by atoms with van der Waals surface area (Å²) in [6.07, 6.45) is 5.40. The Morgan fingerprint density at radius 3 is 1.90 bits per heavy atom. The average molecular weight is 313 g/mol. The van der Waals surface area contributed by atoms with Crippen LogP contribution in [0.5, 0.6) is 0 Å². The molecule has 0 aromatic carbocycles. The maximum absolute atomic E-state index is 2.92. The van der Waals surface area contributed by atoms with Crippen LogP contribution in [0.1, 0.15) is 40.0 Å². The number of rotatable bonds is 5. The Balaban J connectivity index is 1.61. The Morgan fingerprint density at radius 1 is 0.857 bits per heavy atom. The van der Waals surface area contributed by atoms with Gasteiger partial charge in [-0.1, -0.05) is 20.8 Å². The molecule has 0 amide bonds. The van der Waals surface area contributed by atoms with Crippen LogP contribution >= 0.6 is 9.24 Å². The van der Waals surface area contributed by atoms with Crippen molar-refractivity contribution in [3.05, 3.63) is 0 Å². The minimum absolute atomic E-state index is 0.471. The first kappa shape index (κ1) is 17.7. The predicted molar refractivity (Wildman–Crippen MR) is 95.8 cm³/mol. The fraction of sp³-hybridized carbons (Fsp3) is 1.00. The largest absolute Gasteiger partial charge is 0.301 e. The average Bonchev–Trinajstić information content (AvgIpc) is 2.46. The van der Waals surface area contributed by atoms with Gasteiger partial charge < -0.3 is 4.90 Å². The van der Waals surface area contributed by atoms with Crippen LogP contribution in [-0.4, -0.2) is 73.3 Å². The molecule has 124 valence electrons. The van der Waals surface area contributed by atoms with E-state index in [4.69, 9.17) is 0 Å². The molecule has 1 atom stereocenters. The summed E-state index contributed by atoms with van der Waals surface area (Å²) in [5, 5.41) is 0. The third-order valence-corrected chi connectivity index (χ3v) is 5.75. The molecule has 4 heteroatoms. The molecule has 0 aromatic heterocycles. The Bertz CT molecular complexity index is 287. The molecule has 0 saturated carbocycles. The van der Waals surface area contributed by atoms with E-state index in [1.165, 1.54) is 77.9 Å². The Morgan fingerprint density at radius 2 is 1.38 bits per heavy atom. The summed E-state index contributed by atoms with van der Waals surface area (Å²) in [5.74, 6) is 0.959. The van der Waals surface area contributed by atoms with Gasteiger partial charge in [-0.05, 0) is 56.4 Å². The molecular weight excluding hydrogens is 277 g/mol. The molecule has 3 nitrogen and oxygen atoms in total. The van der Waals surface area contributed by atoms with Crippen LogP contribution in [0.3, 0.4) is 0 Å². The molecule has 0 aromatic rings. The van der Waals surface area contributed by atoms with Crippen LogP contribution in [0.4, 0.5) is 0 Å². The normalized spacial score (nSPS) is 24.6. The standard InChI is InChI=1S/C17H36N3P/c1-17(2,3)6-9-18-10-12-20(13-11-18)15-19-7-4-16(14-21)5-8-19/h16H,4-15,21H2,1-3H3. The highest BCUT2D eigenvalue weighted by molar-refractivity contribution is 7.16. The molecule has 2 heterocycles. The summed E-state index contributed by atoms with van der Waals surface area (Å²) < 4.78 is 0. The second-order valence-corrected chi connectivity index (χ2v) is 8.68. The second-order valence-electron chi connectivity index (χ2n) is 8.21. The van der Waals surface area contributed by atoms with Crippen LogP contribution in [0.2, 0.25) is 0 Å². The van der Waals surface area contributed by atoms with E-state index in [0.29, 0.717) is 5.41 Å². The molecule has 2 rings (SSSR count). The van der Waals surface area contributed by atoms with Gasteiger partial charge in [-0.25, -0.2) is 0 Å². The molecule has 2 aliphatic rings. The first-order valence-corrected chi connectivity index (χ1v) is 9.65. The van der Waals surface area contributed by atoms with Crippen molar-refractivity contribution in [2.45, 2.75) is 40.0 Å². The molecule has 0 bridgehead atoms. The number of likely N-dealkylation sites (tertiary alicyclic amines) is 1. The van der Waals surface area contributed by atoms with E-state index in [2.05, 4.69) is 44.7 Å². The van der Waals surface area contributed by atoms with Gasteiger partial charge in [0, 0.05) is 26.2 Å². The Kier molecular flexibility index (Phi) is 6.93. The molecule has 21 heavy (non-hydrogen) atoms. The van der Waals surface area contributed by atoms with Gasteiger partial charge in [0.2, 0.25) is 0 Å².